The Balaban J connectivity index is 2.04. The Kier molecular flexibility index (Phi) is 8.26. The summed E-state index contributed by atoms with van der Waals surface area (Å²) in [5.74, 6) is 0.0452. The lowest BCUT2D eigenvalue weighted by molar-refractivity contribution is -0.120. The Hall–Kier alpha value is -1.10. The molecule has 0 spiro atoms. The SMILES string of the molecule is CN(C)CCCNCC(=O)NCCc1ccc(Cl)cc1. The molecule has 0 heterocycles. The van der Waals surface area contributed by atoms with E-state index in [-0.39, 0.29) is 5.91 Å². The van der Waals surface area contributed by atoms with Crippen LogP contribution in [0.25, 0.3) is 0 Å². The van der Waals surface area contributed by atoms with E-state index in [0.717, 1.165) is 31.0 Å². The van der Waals surface area contributed by atoms with Gasteiger partial charge in [-0.15, -0.1) is 0 Å². The summed E-state index contributed by atoms with van der Waals surface area (Å²) in [5.41, 5.74) is 1.17. The first-order chi connectivity index (χ1) is 9.58. The summed E-state index contributed by atoms with van der Waals surface area (Å²) in [7, 11) is 4.09. The van der Waals surface area contributed by atoms with Crippen LogP contribution in [0.3, 0.4) is 0 Å². The van der Waals surface area contributed by atoms with Gasteiger partial charge in [0.1, 0.15) is 0 Å². The van der Waals surface area contributed by atoms with Crippen LogP contribution in [0.1, 0.15) is 12.0 Å². The highest BCUT2D eigenvalue weighted by Crippen LogP contribution is 2.09. The molecule has 0 aromatic heterocycles. The molecule has 0 fully saturated rings. The van der Waals surface area contributed by atoms with Gasteiger partial charge in [-0.1, -0.05) is 23.7 Å². The predicted molar refractivity (Wildman–Crippen MR) is 84.2 cm³/mol. The average Bonchev–Trinajstić information content (AvgIpc) is 2.40. The minimum absolute atomic E-state index is 0.0452. The third kappa shape index (κ3) is 8.15. The molecule has 0 atom stereocenters. The van der Waals surface area contributed by atoms with Gasteiger partial charge >= 0.3 is 0 Å². The fraction of sp³-hybridized carbons (Fsp3) is 0.533. The highest BCUT2D eigenvalue weighted by Gasteiger charge is 2.00. The number of nitrogens with zero attached hydrogens (tertiary/aromatic N) is 1. The van der Waals surface area contributed by atoms with Crippen molar-refractivity contribution < 1.29 is 4.79 Å². The smallest absolute Gasteiger partial charge is 0.233 e. The molecule has 0 radical (unpaired) electrons. The molecule has 0 saturated carbocycles. The maximum absolute atomic E-state index is 11.6. The van der Waals surface area contributed by atoms with Crippen LogP contribution in [-0.2, 0) is 11.2 Å². The number of carbonyl (C=O) groups excluding carboxylic acids is 1. The van der Waals surface area contributed by atoms with Gasteiger partial charge in [0.05, 0.1) is 6.54 Å². The van der Waals surface area contributed by atoms with E-state index in [0.29, 0.717) is 13.1 Å². The summed E-state index contributed by atoms with van der Waals surface area (Å²) >= 11 is 5.82. The van der Waals surface area contributed by atoms with Gasteiger partial charge in [0.2, 0.25) is 5.91 Å². The van der Waals surface area contributed by atoms with Crippen molar-refractivity contribution in [2.45, 2.75) is 12.8 Å². The Morgan fingerprint density at radius 1 is 1.20 bits per heavy atom. The highest BCUT2D eigenvalue weighted by molar-refractivity contribution is 6.30. The lowest BCUT2D eigenvalue weighted by Crippen LogP contribution is -2.35. The summed E-state index contributed by atoms with van der Waals surface area (Å²) < 4.78 is 0. The molecule has 0 unspecified atom stereocenters. The molecule has 0 aliphatic heterocycles. The first-order valence-corrected chi connectivity index (χ1v) is 7.32. The molecular weight excluding hydrogens is 274 g/mol. The van der Waals surface area contributed by atoms with Gasteiger partial charge in [0.25, 0.3) is 0 Å². The molecule has 1 aromatic carbocycles. The van der Waals surface area contributed by atoms with Crippen LogP contribution < -0.4 is 10.6 Å². The normalized spacial score (nSPS) is 10.8. The Labute approximate surface area is 126 Å². The van der Waals surface area contributed by atoms with Crippen LogP contribution in [0.5, 0.6) is 0 Å². The summed E-state index contributed by atoms with van der Waals surface area (Å²) in [6.07, 6.45) is 1.87. The molecule has 0 bridgehead atoms. The molecule has 20 heavy (non-hydrogen) atoms. The molecule has 4 nitrogen and oxygen atoms in total. The summed E-state index contributed by atoms with van der Waals surface area (Å²) in [4.78, 5) is 13.7. The number of benzene rings is 1. The second-order valence-corrected chi connectivity index (χ2v) is 5.50. The van der Waals surface area contributed by atoms with E-state index in [1.165, 1.54) is 5.56 Å². The number of amides is 1. The molecule has 1 aromatic rings. The third-order valence-electron chi connectivity index (χ3n) is 2.89. The molecule has 0 saturated heterocycles. The van der Waals surface area contributed by atoms with Crippen LogP contribution in [0.4, 0.5) is 0 Å². The van der Waals surface area contributed by atoms with Gasteiger partial charge in [0, 0.05) is 11.6 Å². The number of hydrogen-bond donors (Lipinski definition) is 2. The van der Waals surface area contributed by atoms with Crippen LogP contribution in [-0.4, -0.2) is 51.1 Å². The summed E-state index contributed by atoms with van der Waals surface area (Å²) in [5, 5.41) is 6.78. The van der Waals surface area contributed by atoms with E-state index >= 15 is 0 Å². The molecule has 2 N–H and O–H groups in total. The first-order valence-electron chi connectivity index (χ1n) is 6.94. The molecule has 0 aliphatic rings. The molecule has 1 amide bonds. The van der Waals surface area contributed by atoms with E-state index in [4.69, 9.17) is 11.6 Å². The Morgan fingerprint density at radius 3 is 2.55 bits per heavy atom. The minimum atomic E-state index is 0.0452. The number of halogens is 1. The van der Waals surface area contributed by atoms with E-state index in [2.05, 4.69) is 15.5 Å². The van der Waals surface area contributed by atoms with Crippen LogP contribution >= 0.6 is 11.6 Å². The third-order valence-corrected chi connectivity index (χ3v) is 3.15. The van der Waals surface area contributed by atoms with Gasteiger partial charge in [-0.05, 0) is 57.7 Å². The quantitative estimate of drug-likeness (QED) is 0.680. The number of hydrogen-bond acceptors (Lipinski definition) is 3. The lowest BCUT2D eigenvalue weighted by Gasteiger charge is -2.10. The van der Waals surface area contributed by atoms with Crippen molar-refractivity contribution >= 4 is 17.5 Å². The molecule has 5 heteroatoms. The second-order valence-electron chi connectivity index (χ2n) is 5.06. The van der Waals surface area contributed by atoms with Crippen molar-refractivity contribution in [2.75, 3.05) is 40.3 Å². The highest BCUT2D eigenvalue weighted by atomic mass is 35.5. The summed E-state index contributed by atoms with van der Waals surface area (Å²) in [6, 6.07) is 7.69. The number of nitrogens with one attached hydrogen (secondary N) is 2. The fourth-order valence-corrected chi connectivity index (χ4v) is 1.91. The van der Waals surface area contributed by atoms with Crippen molar-refractivity contribution in [1.29, 1.82) is 0 Å². The number of rotatable bonds is 9. The maximum Gasteiger partial charge on any atom is 0.233 e. The van der Waals surface area contributed by atoms with Gasteiger partial charge in [-0.3, -0.25) is 4.79 Å². The summed E-state index contributed by atoms with van der Waals surface area (Å²) in [6.45, 7) is 2.93. The average molecular weight is 298 g/mol. The second kappa shape index (κ2) is 9.75. The van der Waals surface area contributed by atoms with E-state index < -0.39 is 0 Å². The molecule has 1 rings (SSSR count). The van der Waals surface area contributed by atoms with E-state index in [1.54, 1.807) is 0 Å². The first kappa shape index (κ1) is 17.0. The van der Waals surface area contributed by atoms with Crippen LogP contribution in [0, 0.1) is 0 Å². The fourth-order valence-electron chi connectivity index (χ4n) is 1.78. The van der Waals surface area contributed by atoms with Crippen molar-refractivity contribution in [3.05, 3.63) is 34.9 Å². The van der Waals surface area contributed by atoms with Crippen LogP contribution in [0.2, 0.25) is 5.02 Å². The van der Waals surface area contributed by atoms with E-state index in [9.17, 15) is 4.79 Å². The lowest BCUT2D eigenvalue weighted by atomic mass is 10.1. The molecule has 0 aliphatic carbocycles. The topological polar surface area (TPSA) is 44.4 Å². The minimum Gasteiger partial charge on any atom is -0.355 e. The van der Waals surface area contributed by atoms with Crippen molar-refractivity contribution in [1.82, 2.24) is 15.5 Å². The largest absolute Gasteiger partial charge is 0.355 e. The Morgan fingerprint density at radius 2 is 1.90 bits per heavy atom. The zero-order valence-corrected chi connectivity index (χ0v) is 13.0. The zero-order chi connectivity index (χ0) is 14.8. The standard InChI is InChI=1S/C15H24ClN3O/c1-19(2)11-3-9-17-12-15(20)18-10-8-13-4-6-14(16)7-5-13/h4-7,17H,3,8-12H2,1-2H3,(H,18,20). The zero-order valence-electron chi connectivity index (χ0n) is 12.3. The van der Waals surface area contributed by atoms with E-state index in [1.807, 2.05) is 38.4 Å². The monoisotopic (exact) mass is 297 g/mol. The molecule has 112 valence electrons. The Bertz CT molecular complexity index is 393. The van der Waals surface area contributed by atoms with Gasteiger partial charge < -0.3 is 15.5 Å². The predicted octanol–water partition coefficient (Wildman–Crippen LogP) is 1.54. The van der Waals surface area contributed by atoms with Gasteiger partial charge in [-0.25, -0.2) is 0 Å². The van der Waals surface area contributed by atoms with Crippen molar-refractivity contribution in [2.24, 2.45) is 0 Å². The molecular formula is C15H24ClN3O. The van der Waals surface area contributed by atoms with Crippen LogP contribution in [0.15, 0.2) is 24.3 Å². The maximum atomic E-state index is 11.6. The van der Waals surface area contributed by atoms with Gasteiger partial charge in [-0.2, -0.15) is 0 Å². The van der Waals surface area contributed by atoms with Crippen molar-refractivity contribution in [3.8, 4) is 0 Å². The number of carbonyl (C=O) groups is 1. The van der Waals surface area contributed by atoms with Gasteiger partial charge in [0.15, 0.2) is 0 Å². The van der Waals surface area contributed by atoms with Crippen molar-refractivity contribution in [3.63, 3.8) is 0 Å².